The zero-order valence-corrected chi connectivity index (χ0v) is 32.2. The molecule has 1 N–H and O–H groups in total. The second-order valence-electron chi connectivity index (χ2n) is 17.1. The predicted octanol–water partition coefficient (Wildman–Crippen LogP) is 6.26. The van der Waals surface area contributed by atoms with Crippen LogP contribution in [0.5, 0.6) is 5.75 Å². The maximum atomic E-state index is 15.3. The van der Waals surface area contributed by atoms with E-state index in [4.69, 9.17) is 4.74 Å². The summed E-state index contributed by atoms with van der Waals surface area (Å²) >= 11 is 0. The van der Waals surface area contributed by atoms with Crippen LogP contribution in [0.3, 0.4) is 0 Å². The molecule has 2 amide bonds. The van der Waals surface area contributed by atoms with Gasteiger partial charge in [-0.05, 0) is 85.0 Å². The van der Waals surface area contributed by atoms with Crippen molar-refractivity contribution in [1.82, 2.24) is 23.4 Å². The normalized spacial score (nSPS) is 28.5. The standard InChI is InChI=1S/C43H49N5O5S/c1-45(2)54(51,52)44-40(49)29-14-16-32-35(20-29)48-26-43(41(50)46-24-37-42(25-46)19-18-36(42)47(37)23-27-10-6-4-7-11-27)22-34(43)33-21-30(53-3)15-17-31(33)39(48)38(32)28-12-8-5-9-13-28/h4,6-7,10-11,14-17,20-21,28,34,36-37H,5,8-9,12-13,18-19,22-26H2,1-3H3,(H,44,49). The Balaban J connectivity index is 1.07. The molecule has 10 rings (SSSR count). The first-order valence-electron chi connectivity index (χ1n) is 19.7. The fourth-order valence-electron chi connectivity index (χ4n) is 11.4. The molecule has 6 aliphatic rings. The van der Waals surface area contributed by atoms with E-state index < -0.39 is 21.5 Å². The molecule has 54 heavy (non-hydrogen) atoms. The first-order chi connectivity index (χ1) is 26.0. The highest BCUT2D eigenvalue weighted by atomic mass is 32.2. The van der Waals surface area contributed by atoms with Gasteiger partial charge in [0.1, 0.15) is 5.75 Å². The minimum Gasteiger partial charge on any atom is -0.497 e. The Hall–Kier alpha value is -4.19. The number of nitrogens with one attached hydrogen (secondary N) is 1. The number of rotatable bonds is 8. The number of likely N-dealkylation sites (tertiary alicyclic amines) is 2. The highest BCUT2D eigenvalue weighted by Crippen LogP contribution is 2.68. The molecule has 282 valence electrons. The smallest absolute Gasteiger partial charge is 0.303 e. The van der Waals surface area contributed by atoms with Gasteiger partial charge >= 0.3 is 10.2 Å². The number of carbonyl (C=O) groups is 2. The molecular formula is C43H49N5O5S. The average molecular weight is 748 g/mol. The molecule has 3 aliphatic heterocycles. The van der Waals surface area contributed by atoms with Crippen LogP contribution in [0.2, 0.25) is 0 Å². The van der Waals surface area contributed by atoms with Crippen LogP contribution in [0.25, 0.3) is 22.2 Å². The molecule has 1 aromatic heterocycles. The lowest BCUT2D eigenvalue weighted by Crippen LogP contribution is -2.75. The topological polar surface area (TPSA) is 104 Å². The molecule has 10 nitrogen and oxygen atoms in total. The molecule has 5 atom stereocenters. The summed E-state index contributed by atoms with van der Waals surface area (Å²) in [5, 5.41) is 1.08. The molecule has 4 heterocycles. The molecule has 0 radical (unpaired) electrons. The summed E-state index contributed by atoms with van der Waals surface area (Å²) in [6.07, 6.45) is 8.88. The van der Waals surface area contributed by atoms with Crippen molar-refractivity contribution in [2.75, 3.05) is 34.3 Å². The number of piperidine rings is 1. The van der Waals surface area contributed by atoms with E-state index in [0.29, 0.717) is 24.5 Å². The summed E-state index contributed by atoms with van der Waals surface area (Å²) in [7, 11) is 0.514. The lowest BCUT2D eigenvalue weighted by molar-refractivity contribution is -0.182. The minimum absolute atomic E-state index is 0.0503. The van der Waals surface area contributed by atoms with Crippen LogP contribution in [0.4, 0.5) is 0 Å². The van der Waals surface area contributed by atoms with E-state index in [1.165, 1.54) is 62.9 Å². The minimum atomic E-state index is -3.98. The molecule has 3 aromatic carbocycles. The van der Waals surface area contributed by atoms with E-state index in [2.05, 4.69) is 61.6 Å². The molecule has 3 aliphatic carbocycles. The second kappa shape index (κ2) is 12.2. The van der Waals surface area contributed by atoms with E-state index in [-0.39, 0.29) is 22.8 Å². The zero-order chi connectivity index (χ0) is 37.1. The molecule has 0 bridgehead atoms. The molecule has 2 saturated heterocycles. The van der Waals surface area contributed by atoms with Crippen molar-refractivity contribution < 1.29 is 22.7 Å². The van der Waals surface area contributed by atoms with Crippen molar-refractivity contribution in [1.29, 1.82) is 0 Å². The van der Waals surface area contributed by atoms with Crippen molar-refractivity contribution in [2.45, 2.75) is 88.4 Å². The van der Waals surface area contributed by atoms with Crippen molar-refractivity contribution in [3.05, 3.63) is 89.0 Å². The van der Waals surface area contributed by atoms with Crippen LogP contribution in [-0.2, 0) is 28.1 Å². The maximum absolute atomic E-state index is 15.3. The third-order valence-electron chi connectivity index (χ3n) is 14.3. The van der Waals surface area contributed by atoms with Gasteiger partial charge in [0.25, 0.3) is 5.91 Å². The number of benzene rings is 3. The predicted molar refractivity (Wildman–Crippen MR) is 207 cm³/mol. The molecule has 1 spiro atoms. The summed E-state index contributed by atoms with van der Waals surface area (Å²) in [6.45, 7) is 3.02. The fourth-order valence-corrected chi connectivity index (χ4v) is 11.9. The van der Waals surface area contributed by atoms with Gasteiger partial charge in [0.15, 0.2) is 0 Å². The maximum Gasteiger partial charge on any atom is 0.303 e. The number of aromatic nitrogens is 1. The Bertz CT molecular complexity index is 2320. The van der Waals surface area contributed by atoms with Gasteiger partial charge in [-0.25, -0.2) is 4.72 Å². The van der Waals surface area contributed by atoms with E-state index in [1.54, 1.807) is 13.2 Å². The van der Waals surface area contributed by atoms with Crippen LogP contribution in [0.15, 0.2) is 66.7 Å². The Labute approximate surface area is 317 Å². The number of ether oxygens (including phenoxy) is 1. The molecule has 4 aromatic rings. The number of hydrogen-bond acceptors (Lipinski definition) is 6. The summed E-state index contributed by atoms with van der Waals surface area (Å²) in [6, 6.07) is 23.6. The van der Waals surface area contributed by atoms with Crippen molar-refractivity contribution in [3.8, 4) is 17.0 Å². The third-order valence-corrected chi connectivity index (χ3v) is 15.7. The number of nitrogens with zero attached hydrogens (tertiary/aromatic N) is 4. The van der Waals surface area contributed by atoms with Gasteiger partial charge in [-0.2, -0.15) is 12.7 Å². The van der Waals surface area contributed by atoms with E-state index in [1.807, 2.05) is 18.2 Å². The van der Waals surface area contributed by atoms with E-state index in [9.17, 15) is 13.2 Å². The summed E-state index contributed by atoms with van der Waals surface area (Å²) in [5.41, 5.74) is 6.80. The number of hydrogen-bond donors (Lipinski definition) is 1. The lowest BCUT2D eigenvalue weighted by Gasteiger charge is -2.67. The van der Waals surface area contributed by atoms with Gasteiger partial charge in [0, 0.05) is 85.7 Å². The molecule has 11 heteroatoms. The van der Waals surface area contributed by atoms with E-state index in [0.717, 1.165) is 71.1 Å². The fraction of sp³-hybridized carbons (Fsp3) is 0.488. The number of fused-ring (bicyclic) bond motifs is 7. The van der Waals surface area contributed by atoms with Gasteiger partial charge in [-0.1, -0.05) is 55.7 Å². The first kappa shape index (κ1) is 34.3. The number of amides is 2. The van der Waals surface area contributed by atoms with Crippen molar-refractivity contribution in [2.24, 2.45) is 10.8 Å². The number of methoxy groups -OCH3 is 1. The van der Waals surface area contributed by atoms with Crippen LogP contribution in [-0.4, -0.2) is 85.3 Å². The van der Waals surface area contributed by atoms with Crippen LogP contribution in [0, 0.1) is 10.8 Å². The van der Waals surface area contributed by atoms with Gasteiger partial charge in [0.2, 0.25) is 5.91 Å². The summed E-state index contributed by atoms with van der Waals surface area (Å²) in [4.78, 5) is 33.7. The quantitative estimate of drug-likeness (QED) is 0.228. The van der Waals surface area contributed by atoms with Gasteiger partial charge in [0.05, 0.1) is 18.2 Å². The van der Waals surface area contributed by atoms with Gasteiger partial charge in [-0.15, -0.1) is 0 Å². The zero-order valence-electron chi connectivity index (χ0n) is 31.4. The summed E-state index contributed by atoms with van der Waals surface area (Å²) < 4.78 is 36.7. The van der Waals surface area contributed by atoms with E-state index >= 15 is 4.79 Å². The highest BCUT2D eigenvalue weighted by molar-refractivity contribution is 7.87. The van der Waals surface area contributed by atoms with Crippen molar-refractivity contribution >= 4 is 32.9 Å². The third kappa shape index (κ3) is 4.93. The second-order valence-corrected chi connectivity index (χ2v) is 19.0. The lowest BCUT2D eigenvalue weighted by atomic mass is 9.53. The average Bonchev–Trinajstić information content (AvgIpc) is 3.67. The molecule has 5 fully saturated rings. The SMILES string of the molecule is COc1ccc2c(c1)C1CC1(C(=O)N1CC3N(Cc4ccccc4)C4CCC43C1)Cn1c-2c(C2CCCCC2)c2ccc(C(=O)NS(=O)(=O)N(C)C)cc21. The molecular weight excluding hydrogens is 699 g/mol. The summed E-state index contributed by atoms with van der Waals surface area (Å²) in [5.74, 6) is 0.765. The Kier molecular flexibility index (Phi) is 7.72. The van der Waals surface area contributed by atoms with Gasteiger partial charge in [-0.3, -0.25) is 14.5 Å². The van der Waals surface area contributed by atoms with Crippen LogP contribution in [0.1, 0.15) is 90.3 Å². The highest BCUT2D eigenvalue weighted by Gasteiger charge is 2.72. The molecule has 3 saturated carbocycles. The number of carbonyl (C=O) groups excluding carboxylic acids is 2. The first-order valence-corrected chi connectivity index (χ1v) is 21.2. The van der Waals surface area contributed by atoms with Crippen molar-refractivity contribution in [3.63, 3.8) is 0 Å². The Morgan fingerprint density at radius 3 is 2.46 bits per heavy atom. The largest absolute Gasteiger partial charge is 0.497 e. The van der Waals surface area contributed by atoms with Crippen LogP contribution >= 0.6 is 0 Å². The van der Waals surface area contributed by atoms with Gasteiger partial charge < -0.3 is 14.2 Å². The Morgan fingerprint density at radius 1 is 0.944 bits per heavy atom. The molecule has 5 unspecified atom stereocenters. The monoisotopic (exact) mass is 747 g/mol. The van der Waals surface area contributed by atoms with Crippen LogP contribution < -0.4 is 9.46 Å². The Morgan fingerprint density at radius 2 is 1.74 bits per heavy atom.